The van der Waals surface area contributed by atoms with E-state index in [0.717, 1.165) is 21.8 Å². The van der Waals surface area contributed by atoms with Gasteiger partial charge in [-0.05, 0) is 73.8 Å². The third-order valence-electron chi connectivity index (χ3n) is 3.90. The molecule has 0 aromatic heterocycles. The fourth-order valence-corrected chi connectivity index (χ4v) is 6.17. The highest BCUT2D eigenvalue weighted by molar-refractivity contribution is 14.1. The first-order chi connectivity index (χ1) is 12.9. The van der Waals surface area contributed by atoms with Crippen LogP contribution in [0.2, 0.25) is 0 Å². The summed E-state index contributed by atoms with van der Waals surface area (Å²) in [5.41, 5.74) is 1.85. The van der Waals surface area contributed by atoms with Crippen LogP contribution in [-0.2, 0) is 0 Å². The van der Waals surface area contributed by atoms with Gasteiger partial charge in [0.15, 0.2) is 23.0 Å². The molecule has 0 fully saturated rings. The summed E-state index contributed by atoms with van der Waals surface area (Å²) in [4.78, 5) is 0. The predicted octanol–water partition coefficient (Wildman–Crippen LogP) is 5.22. The smallest absolute Gasteiger partial charge is 0.205 e. The highest BCUT2D eigenvalue weighted by Gasteiger charge is 2.28. The van der Waals surface area contributed by atoms with Crippen LogP contribution in [0.25, 0.3) is 11.1 Å². The van der Waals surface area contributed by atoms with Crippen LogP contribution in [0.1, 0.15) is 0 Å². The zero-order valence-electron chi connectivity index (χ0n) is 15.7. The highest BCUT2D eigenvalue weighted by Crippen LogP contribution is 2.53. The minimum atomic E-state index is 0.547. The van der Waals surface area contributed by atoms with Gasteiger partial charge in [0.2, 0.25) is 11.5 Å². The molecule has 2 rings (SSSR count). The first kappa shape index (κ1) is 22.7. The number of ether oxygens (including phenoxy) is 6. The average molecular weight is 712 g/mol. The molecule has 0 N–H and O–H groups in total. The third-order valence-corrected chi connectivity index (χ3v) is 7.03. The predicted molar refractivity (Wildman–Crippen MR) is 129 cm³/mol. The van der Waals surface area contributed by atoms with Gasteiger partial charge in [-0.3, -0.25) is 0 Å². The number of rotatable bonds is 7. The molecule has 0 spiro atoms. The quantitative estimate of drug-likeness (QED) is 0.368. The van der Waals surface area contributed by atoms with E-state index in [1.54, 1.807) is 42.7 Å². The lowest BCUT2D eigenvalue weighted by molar-refractivity contribution is 0.321. The molecule has 0 amide bonds. The van der Waals surface area contributed by atoms with Crippen LogP contribution in [0.4, 0.5) is 0 Å². The summed E-state index contributed by atoms with van der Waals surface area (Å²) in [5, 5.41) is 0. The van der Waals surface area contributed by atoms with Gasteiger partial charge in [-0.15, -0.1) is 0 Å². The van der Waals surface area contributed by atoms with Crippen molar-refractivity contribution in [3.05, 3.63) is 16.8 Å². The fourth-order valence-electron chi connectivity index (χ4n) is 2.72. The fraction of sp³-hybridized carbons (Fsp3) is 0.333. The van der Waals surface area contributed by atoms with Gasteiger partial charge in [0, 0.05) is 11.1 Å². The zero-order chi connectivity index (χ0) is 20.3. The van der Waals surface area contributed by atoms with Crippen molar-refractivity contribution >= 4 is 67.8 Å². The molecule has 0 aliphatic heterocycles. The number of halogens is 3. The minimum Gasteiger partial charge on any atom is -0.493 e. The Labute approximate surface area is 199 Å². The molecule has 2 aromatic carbocycles. The van der Waals surface area contributed by atoms with Crippen molar-refractivity contribution in [2.75, 3.05) is 42.7 Å². The first-order valence-corrected chi connectivity index (χ1v) is 10.8. The van der Waals surface area contributed by atoms with Gasteiger partial charge in [-0.2, -0.15) is 0 Å². The molecule has 27 heavy (non-hydrogen) atoms. The lowest BCUT2D eigenvalue weighted by atomic mass is 10.0. The Hall–Kier alpha value is -0.570. The van der Waals surface area contributed by atoms with Gasteiger partial charge in [-0.1, -0.05) is 0 Å². The van der Waals surface area contributed by atoms with E-state index in [4.69, 9.17) is 28.4 Å². The number of hydrogen-bond acceptors (Lipinski definition) is 6. The molecule has 148 valence electrons. The second kappa shape index (κ2) is 9.76. The molecule has 0 saturated carbocycles. The Balaban J connectivity index is 2.98. The Morgan fingerprint density at radius 1 is 0.519 bits per heavy atom. The van der Waals surface area contributed by atoms with Gasteiger partial charge in [-0.25, -0.2) is 0 Å². The molecule has 0 atom stereocenters. The summed E-state index contributed by atoms with van der Waals surface area (Å²) in [6.45, 7) is 0. The van der Waals surface area contributed by atoms with Crippen LogP contribution in [0.3, 0.4) is 0 Å². The Morgan fingerprint density at radius 3 is 1.30 bits per heavy atom. The molecule has 0 aliphatic carbocycles. The molecule has 9 heteroatoms. The van der Waals surface area contributed by atoms with E-state index in [2.05, 4.69) is 67.8 Å². The van der Waals surface area contributed by atoms with Crippen molar-refractivity contribution in [1.82, 2.24) is 0 Å². The van der Waals surface area contributed by atoms with E-state index >= 15 is 0 Å². The second-order valence-corrected chi connectivity index (χ2v) is 8.35. The summed E-state index contributed by atoms with van der Waals surface area (Å²) < 4.78 is 36.1. The summed E-state index contributed by atoms with van der Waals surface area (Å²) in [7, 11) is 9.60. The highest BCUT2D eigenvalue weighted by atomic mass is 127. The van der Waals surface area contributed by atoms with Crippen LogP contribution < -0.4 is 28.4 Å². The Bertz CT molecular complexity index is 823. The Morgan fingerprint density at radius 2 is 0.926 bits per heavy atom. The van der Waals surface area contributed by atoms with Crippen molar-refractivity contribution in [3.63, 3.8) is 0 Å². The average Bonchev–Trinajstić information content (AvgIpc) is 2.67. The normalized spacial score (nSPS) is 10.4. The summed E-state index contributed by atoms with van der Waals surface area (Å²) >= 11 is 6.75. The SMILES string of the molecule is COc1cc(-c2c(I)c(OC)c(OC)c(OC)c2I)c(I)c(OC)c1OC. The van der Waals surface area contributed by atoms with Crippen LogP contribution in [-0.4, -0.2) is 42.7 Å². The molecular formula is C18H19I3O6. The minimum absolute atomic E-state index is 0.547. The first-order valence-electron chi connectivity index (χ1n) is 7.57. The number of hydrogen-bond donors (Lipinski definition) is 0. The molecule has 0 heterocycles. The van der Waals surface area contributed by atoms with E-state index in [0.29, 0.717) is 34.5 Å². The van der Waals surface area contributed by atoms with E-state index < -0.39 is 0 Å². The van der Waals surface area contributed by atoms with Crippen molar-refractivity contribution < 1.29 is 28.4 Å². The van der Waals surface area contributed by atoms with Crippen molar-refractivity contribution in [2.24, 2.45) is 0 Å². The van der Waals surface area contributed by atoms with Crippen molar-refractivity contribution in [3.8, 4) is 45.6 Å². The zero-order valence-corrected chi connectivity index (χ0v) is 22.1. The Kier molecular flexibility index (Phi) is 8.21. The van der Waals surface area contributed by atoms with Crippen molar-refractivity contribution in [2.45, 2.75) is 0 Å². The molecule has 0 saturated heterocycles. The van der Waals surface area contributed by atoms with Gasteiger partial charge in [0.05, 0.1) is 53.4 Å². The van der Waals surface area contributed by atoms with E-state index in [-0.39, 0.29) is 0 Å². The van der Waals surface area contributed by atoms with Crippen LogP contribution >= 0.6 is 67.8 Å². The largest absolute Gasteiger partial charge is 0.493 e. The maximum atomic E-state index is 5.62. The molecule has 0 unspecified atom stereocenters. The van der Waals surface area contributed by atoms with Crippen LogP contribution in [0.5, 0.6) is 34.5 Å². The maximum absolute atomic E-state index is 5.62. The van der Waals surface area contributed by atoms with Crippen molar-refractivity contribution in [1.29, 1.82) is 0 Å². The van der Waals surface area contributed by atoms with E-state index in [1.807, 2.05) is 6.07 Å². The second-order valence-electron chi connectivity index (χ2n) is 5.11. The standard InChI is InChI=1S/C18H19I3O6/c1-22-9-7-8(11(19)15(24-3)14(9)23-2)10-12(20)16(25-4)18(27-6)17(26-5)13(10)21/h7H,1-6H3. The summed E-state index contributed by atoms with van der Waals surface area (Å²) in [5.74, 6) is 3.49. The van der Waals surface area contributed by atoms with Gasteiger partial charge >= 0.3 is 0 Å². The van der Waals surface area contributed by atoms with E-state index in [9.17, 15) is 0 Å². The third kappa shape index (κ3) is 3.95. The lowest BCUT2D eigenvalue weighted by Crippen LogP contribution is -2.04. The maximum Gasteiger partial charge on any atom is 0.205 e. The lowest BCUT2D eigenvalue weighted by Gasteiger charge is -2.22. The van der Waals surface area contributed by atoms with Crippen LogP contribution in [0, 0.1) is 10.7 Å². The molecule has 6 nitrogen and oxygen atoms in total. The van der Waals surface area contributed by atoms with Gasteiger partial charge in [0.25, 0.3) is 0 Å². The van der Waals surface area contributed by atoms with E-state index in [1.165, 1.54) is 0 Å². The number of benzene rings is 2. The molecule has 2 aromatic rings. The topological polar surface area (TPSA) is 55.4 Å². The molecule has 0 radical (unpaired) electrons. The van der Waals surface area contributed by atoms with Gasteiger partial charge < -0.3 is 28.4 Å². The molecular weight excluding hydrogens is 693 g/mol. The molecule has 0 bridgehead atoms. The van der Waals surface area contributed by atoms with Crippen LogP contribution in [0.15, 0.2) is 6.07 Å². The molecule has 0 aliphatic rings. The summed E-state index contributed by atoms with van der Waals surface area (Å²) in [6, 6.07) is 1.92. The monoisotopic (exact) mass is 712 g/mol. The van der Waals surface area contributed by atoms with Gasteiger partial charge in [0.1, 0.15) is 0 Å². The summed E-state index contributed by atoms with van der Waals surface area (Å²) in [6.07, 6.45) is 0. The number of methoxy groups -OCH3 is 6.